The fourth-order valence-electron chi connectivity index (χ4n) is 1.47. The van der Waals surface area contributed by atoms with Gasteiger partial charge in [-0.05, 0) is 35.8 Å². The lowest BCUT2D eigenvalue weighted by atomic mass is 10.2. The van der Waals surface area contributed by atoms with Crippen molar-refractivity contribution in [3.63, 3.8) is 0 Å². The number of nitriles is 1. The lowest BCUT2D eigenvalue weighted by molar-refractivity contribution is -0.112. The van der Waals surface area contributed by atoms with Crippen LogP contribution >= 0.6 is 23.1 Å². The number of ether oxygens (including phenoxy) is 1. The maximum absolute atomic E-state index is 12.0. The molecule has 0 saturated carbocycles. The maximum atomic E-state index is 12.0. The summed E-state index contributed by atoms with van der Waals surface area (Å²) in [5.74, 6) is -0.0500. The molecule has 0 saturated heterocycles. The van der Waals surface area contributed by atoms with Gasteiger partial charge in [-0.15, -0.1) is 5.10 Å². The summed E-state index contributed by atoms with van der Waals surface area (Å²) in [7, 11) is 1.50. The van der Waals surface area contributed by atoms with Gasteiger partial charge in [-0.3, -0.25) is 4.79 Å². The Bertz CT molecular complexity index is 722. The molecule has 1 N–H and O–H groups in total. The zero-order valence-corrected chi connectivity index (χ0v) is 12.4. The lowest BCUT2D eigenvalue weighted by Gasteiger charge is -2.07. The van der Waals surface area contributed by atoms with Crippen LogP contribution in [0, 0.1) is 11.3 Å². The molecule has 1 aromatic carbocycles. The van der Waals surface area contributed by atoms with Gasteiger partial charge in [0.1, 0.15) is 17.4 Å². The number of rotatable bonds is 4. The maximum Gasteiger partial charge on any atom is 0.266 e. The van der Waals surface area contributed by atoms with E-state index < -0.39 is 5.91 Å². The van der Waals surface area contributed by atoms with Crippen LogP contribution in [0.3, 0.4) is 0 Å². The third-order valence-electron chi connectivity index (χ3n) is 2.44. The van der Waals surface area contributed by atoms with Crippen molar-refractivity contribution in [1.29, 1.82) is 5.26 Å². The van der Waals surface area contributed by atoms with E-state index in [1.165, 1.54) is 19.3 Å². The van der Waals surface area contributed by atoms with Gasteiger partial charge in [-0.1, -0.05) is 16.1 Å². The van der Waals surface area contributed by atoms with E-state index in [-0.39, 0.29) is 5.57 Å². The second-order valence-electron chi connectivity index (χ2n) is 3.80. The topological polar surface area (TPSA) is 87.9 Å². The van der Waals surface area contributed by atoms with Crippen molar-refractivity contribution in [3.05, 3.63) is 39.9 Å². The number of anilines is 1. The van der Waals surface area contributed by atoms with Crippen molar-refractivity contribution in [2.45, 2.75) is 0 Å². The molecule has 0 fully saturated rings. The number of nitrogens with zero attached hydrogens (tertiary/aromatic N) is 3. The summed E-state index contributed by atoms with van der Waals surface area (Å²) in [6, 6.07) is 6.62. The predicted molar refractivity (Wildman–Crippen MR) is 80.1 cm³/mol. The minimum absolute atomic E-state index is 0.0744. The van der Waals surface area contributed by atoms with Crippen molar-refractivity contribution in [2.75, 3.05) is 12.4 Å². The third kappa shape index (κ3) is 3.78. The quantitative estimate of drug-likeness (QED) is 0.691. The van der Waals surface area contributed by atoms with Crippen LogP contribution in [-0.4, -0.2) is 22.6 Å². The van der Waals surface area contributed by atoms with Gasteiger partial charge in [0, 0.05) is 11.1 Å². The highest BCUT2D eigenvalue weighted by Gasteiger charge is 2.11. The van der Waals surface area contributed by atoms with E-state index in [2.05, 4.69) is 14.9 Å². The van der Waals surface area contributed by atoms with Gasteiger partial charge < -0.3 is 10.1 Å². The van der Waals surface area contributed by atoms with Crippen molar-refractivity contribution < 1.29 is 9.53 Å². The van der Waals surface area contributed by atoms with E-state index >= 15 is 0 Å². The molecule has 106 valence electrons. The second-order valence-corrected chi connectivity index (χ2v) is 4.82. The van der Waals surface area contributed by atoms with Gasteiger partial charge >= 0.3 is 0 Å². The van der Waals surface area contributed by atoms with Gasteiger partial charge in [0.25, 0.3) is 5.91 Å². The van der Waals surface area contributed by atoms with Crippen LogP contribution in [0.25, 0.3) is 6.08 Å². The van der Waals surface area contributed by atoms with Crippen LogP contribution in [0.5, 0.6) is 5.75 Å². The Labute approximate surface area is 129 Å². The summed E-state index contributed by atoms with van der Waals surface area (Å²) in [5.41, 5.74) is 0.845. The van der Waals surface area contributed by atoms with E-state index in [4.69, 9.17) is 21.6 Å². The summed E-state index contributed by atoms with van der Waals surface area (Å²) < 4.78 is 8.68. The fraction of sp³-hybridized carbons (Fsp3) is 0.0769. The third-order valence-corrected chi connectivity index (χ3v) is 3.26. The van der Waals surface area contributed by atoms with Crippen LogP contribution in [0.1, 0.15) is 5.69 Å². The highest BCUT2D eigenvalue weighted by molar-refractivity contribution is 7.03. The summed E-state index contributed by atoms with van der Waals surface area (Å²) in [4.78, 5) is 12.0. The molecule has 0 aliphatic carbocycles. The highest BCUT2D eigenvalue weighted by atomic mass is 35.5. The molecule has 2 rings (SSSR count). The number of carbonyl (C=O) groups excluding carboxylic acids is 1. The number of amides is 1. The number of hydrogen-bond acceptors (Lipinski definition) is 6. The van der Waals surface area contributed by atoms with Crippen LogP contribution in [-0.2, 0) is 4.79 Å². The molecule has 6 nitrogen and oxygen atoms in total. The molecule has 0 atom stereocenters. The first-order valence-electron chi connectivity index (χ1n) is 5.68. The van der Waals surface area contributed by atoms with Crippen LogP contribution in [0.4, 0.5) is 5.69 Å². The first-order chi connectivity index (χ1) is 10.1. The van der Waals surface area contributed by atoms with Gasteiger partial charge in [0.05, 0.1) is 17.8 Å². The molecule has 8 heteroatoms. The summed E-state index contributed by atoms with van der Waals surface area (Å²) in [5, 5.41) is 17.4. The predicted octanol–water partition coefficient (Wildman–Crippen LogP) is 2.75. The number of carbonyl (C=O) groups is 1. The van der Waals surface area contributed by atoms with Crippen LogP contribution < -0.4 is 10.1 Å². The average molecular weight is 321 g/mol. The normalized spacial score (nSPS) is 10.8. The fourth-order valence-corrected chi connectivity index (χ4v) is 2.14. The van der Waals surface area contributed by atoms with Crippen molar-refractivity contribution in [1.82, 2.24) is 9.59 Å². The van der Waals surface area contributed by atoms with Gasteiger partial charge in [0.15, 0.2) is 0 Å². The largest absolute Gasteiger partial charge is 0.495 e. The summed E-state index contributed by atoms with van der Waals surface area (Å²) in [6.45, 7) is 0. The van der Waals surface area contributed by atoms with Crippen LogP contribution in [0.2, 0.25) is 5.02 Å². The number of benzene rings is 1. The summed E-state index contributed by atoms with van der Waals surface area (Å²) >= 11 is 7.10. The van der Waals surface area contributed by atoms with Gasteiger partial charge in [-0.25, -0.2) is 0 Å². The molecular weight excluding hydrogens is 312 g/mol. The average Bonchev–Trinajstić information content (AvgIpc) is 2.98. The number of methoxy groups -OCH3 is 1. The smallest absolute Gasteiger partial charge is 0.266 e. The van der Waals surface area contributed by atoms with E-state index in [0.29, 0.717) is 22.2 Å². The number of halogens is 1. The number of nitrogens with one attached hydrogen (secondary N) is 1. The minimum Gasteiger partial charge on any atom is -0.495 e. The zero-order valence-electron chi connectivity index (χ0n) is 10.8. The molecule has 0 unspecified atom stereocenters. The molecular formula is C13H9ClN4O2S. The Hall–Kier alpha value is -2.43. The molecule has 0 spiro atoms. The monoisotopic (exact) mass is 320 g/mol. The molecule has 1 amide bonds. The standard InChI is InChI=1S/C13H9ClN4O2S/c1-20-12-3-2-9(5-11(12)14)16-13(19)8(6-15)4-10-7-21-18-17-10/h2-5,7H,1H3,(H,16,19)/b8-4+. The Morgan fingerprint density at radius 2 is 2.38 bits per heavy atom. The number of aromatic nitrogens is 2. The minimum atomic E-state index is -0.549. The van der Waals surface area contributed by atoms with E-state index in [0.717, 1.165) is 11.5 Å². The highest BCUT2D eigenvalue weighted by Crippen LogP contribution is 2.27. The molecule has 1 heterocycles. The Morgan fingerprint density at radius 3 is 2.95 bits per heavy atom. The summed E-state index contributed by atoms with van der Waals surface area (Å²) in [6.07, 6.45) is 1.37. The Morgan fingerprint density at radius 1 is 1.57 bits per heavy atom. The van der Waals surface area contributed by atoms with E-state index in [9.17, 15) is 4.79 Å². The molecule has 0 radical (unpaired) electrons. The Balaban J connectivity index is 2.17. The van der Waals surface area contributed by atoms with Gasteiger partial charge in [0.2, 0.25) is 0 Å². The van der Waals surface area contributed by atoms with Crippen molar-refractivity contribution in [3.8, 4) is 11.8 Å². The van der Waals surface area contributed by atoms with Crippen molar-refractivity contribution in [2.24, 2.45) is 0 Å². The molecule has 0 bridgehead atoms. The van der Waals surface area contributed by atoms with Crippen LogP contribution in [0.15, 0.2) is 29.2 Å². The zero-order chi connectivity index (χ0) is 15.2. The number of hydrogen-bond donors (Lipinski definition) is 1. The Kier molecular flexibility index (Phi) is 4.87. The van der Waals surface area contributed by atoms with Crippen molar-refractivity contribution >= 4 is 40.8 Å². The van der Waals surface area contributed by atoms with E-state index in [1.54, 1.807) is 17.5 Å². The molecule has 2 aromatic rings. The van der Waals surface area contributed by atoms with Gasteiger partial charge in [-0.2, -0.15) is 5.26 Å². The molecule has 0 aliphatic rings. The molecule has 1 aromatic heterocycles. The first kappa shape index (κ1) is 15.0. The lowest BCUT2D eigenvalue weighted by Crippen LogP contribution is -2.13. The van der Waals surface area contributed by atoms with E-state index in [1.807, 2.05) is 6.07 Å². The second kappa shape index (κ2) is 6.83. The first-order valence-corrected chi connectivity index (χ1v) is 6.89. The SMILES string of the molecule is COc1ccc(NC(=O)/C(C#N)=C/c2csnn2)cc1Cl. The molecule has 0 aliphatic heterocycles. The molecule has 21 heavy (non-hydrogen) atoms.